The van der Waals surface area contributed by atoms with Gasteiger partial charge < -0.3 is 19.3 Å². The van der Waals surface area contributed by atoms with Crippen molar-refractivity contribution in [3.05, 3.63) is 53.1 Å². The fourth-order valence-corrected chi connectivity index (χ4v) is 5.23. The average molecular weight is 459 g/mol. The number of hydrogen-bond donors (Lipinski definition) is 1. The number of carbonyl (C=O) groups excluding carboxylic acids is 1. The van der Waals surface area contributed by atoms with E-state index in [9.17, 15) is 15.2 Å². The molecule has 1 saturated heterocycles. The van der Waals surface area contributed by atoms with Gasteiger partial charge in [0.15, 0.2) is 0 Å². The summed E-state index contributed by atoms with van der Waals surface area (Å²) >= 11 is 0. The summed E-state index contributed by atoms with van der Waals surface area (Å²) in [6.07, 6.45) is 2.66. The summed E-state index contributed by atoms with van der Waals surface area (Å²) in [4.78, 5) is 18.4. The molecule has 1 amide bonds. The molecule has 1 N–H and O–H groups in total. The van der Waals surface area contributed by atoms with Gasteiger partial charge in [0.05, 0.1) is 11.7 Å². The summed E-state index contributed by atoms with van der Waals surface area (Å²) in [7, 11) is 0. The van der Waals surface area contributed by atoms with Crippen molar-refractivity contribution in [1.82, 2.24) is 15.0 Å². The van der Waals surface area contributed by atoms with E-state index in [1.807, 2.05) is 32.0 Å². The number of nitriles is 1. The highest BCUT2D eigenvalue weighted by molar-refractivity contribution is 5.78. The summed E-state index contributed by atoms with van der Waals surface area (Å²) in [5.41, 5.74) is 4.33. The van der Waals surface area contributed by atoms with Gasteiger partial charge in [-0.05, 0) is 62.4 Å². The van der Waals surface area contributed by atoms with Crippen LogP contribution in [-0.4, -0.2) is 51.9 Å². The lowest BCUT2D eigenvalue weighted by Crippen LogP contribution is -2.34. The smallest absolute Gasteiger partial charge is 0.258 e. The zero-order valence-electron chi connectivity index (χ0n) is 19.2. The van der Waals surface area contributed by atoms with Crippen LogP contribution in [0, 0.1) is 11.3 Å². The van der Waals surface area contributed by atoms with Crippen LogP contribution in [0.2, 0.25) is 0 Å². The standard InChI is InChI=1S/C26H26N4O4/c1-16(2)33-22-7-6-17(12-18(22)13-27)25-28-24(29-34-25)20-4-3-5-21-19(20)8-9-26(21)10-11-30(15-26)23(32)14-31/h3-7,12,16,31H,8-11,14-15H2,1-2H3. The Morgan fingerprint density at radius 2 is 2.18 bits per heavy atom. The third kappa shape index (κ3) is 3.72. The number of aliphatic hydroxyl groups is 1. The van der Waals surface area contributed by atoms with E-state index >= 15 is 0 Å². The number of aliphatic hydroxyl groups excluding tert-OH is 1. The monoisotopic (exact) mass is 458 g/mol. The molecule has 1 unspecified atom stereocenters. The molecular weight excluding hydrogens is 432 g/mol. The van der Waals surface area contributed by atoms with Crippen molar-refractivity contribution in [2.45, 2.75) is 44.6 Å². The summed E-state index contributed by atoms with van der Waals surface area (Å²) < 4.78 is 11.3. The zero-order chi connectivity index (χ0) is 23.9. The SMILES string of the molecule is CC(C)Oc1ccc(-c2nc(-c3cccc4c3CCC43CCN(C(=O)CO)C3)no2)cc1C#N. The van der Waals surface area contributed by atoms with Crippen molar-refractivity contribution < 1.29 is 19.2 Å². The van der Waals surface area contributed by atoms with Crippen LogP contribution in [0.25, 0.3) is 22.8 Å². The van der Waals surface area contributed by atoms with Crippen LogP contribution >= 0.6 is 0 Å². The Morgan fingerprint density at radius 3 is 2.94 bits per heavy atom. The number of likely N-dealkylation sites (tertiary alicyclic amines) is 1. The molecule has 1 aromatic heterocycles. The maximum absolute atomic E-state index is 12.0. The highest BCUT2D eigenvalue weighted by atomic mass is 16.5. The van der Waals surface area contributed by atoms with E-state index in [-0.39, 0.29) is 17.4 Å². The number of benzene rings is 2. The van der Waals surface area contributed by atoms with E-state index in [1.54, 1.807) is 17.0 Å². The lowest BCUT2D eigenvalue weighted by atomic mass is 9.81. The molecule has 3 aromatic rings. The number of fused-ring (bicyclic) bond motifs is 2. The van der Waals surface area contributed by atoms with E-state index in [0.29, 0.717) is 41.7 Å². The zero-order valence-corrected chi connectivity index (χ0v) is 19.2. The Kier molecular flexibility index (Phi) is 5.58. The van der Waals surface area contributed by atoms with Crippen molar-refractivity contribution >= 4 is 5.91 Å². The summed E-state index contributed by atoms with van der Waals surface area (Å²) in [5, 5.41) is 23.0. The number of nitrogens with zero attached hydrogens (tertiary/aromatic N) is 4. The minimum Gasteiger partial charge on any atom is -0.490 e. The van der Waals surface area contributed by atoms with Crippen LogP contribution in [-0.2, 0) is 16.6 Å². The van der Waals surface area contributed by atoms with Gasteiger partial charge in [-0.2, -0.15) is 10.2 Å². The van der Waals surface area contributed by atoms with E-state index in [2.05, 4.69) is 22.3 Å². The molecule has 34 heavy (non-hydrogen) atoms. The molecule has 8 heteroatoms. The summed E-state index contributed by atoms with van der Waals surface area (Å²) in [6, 6.07) is 13.6. The first-order valence-electron chi connectivity index (χ1n) is 11.5. The molecule has 1 spiro atoms. The Bertz CT molecular complexity index is 1290. The molecule has 1 aliphatic heterocycles. The molecule has 0 saturated carbocycles. The molecule has 2 aromatic carbocycles. The van der Waals surface area contributed by atoms with Crippen molar-refractivity contribution in [2.24, 2.45) is 0 Å². The van der Waals surface area contributed by atoms with Gasteiger partial charge in [0.25, 0.3) is 5.89 Å². The van der Waals surface area contributed by atoms with Crippen molar-refractivity contribution in [2.75, 3.05) is 19.7 Å². The molecular formula is C26H26N4O4. The molecule has 2 heterocycles. The molecule has 0 radical (unpaired) electrons. The molecule has 5 rings (SSSR count). The second kappa shape index (κ2) is 8.58. The first-order chi connectivity index (χ1) is 16.4. The highest BCUT2D eigenvalue weighted by Crippen LogP contribution is 2.48. The fraction of sp³-hybridized carbons (Fsp3) is 0.385. The maximum Gasteiger partial charge on any atom is 0.258 e. The Morgan fingerprint density at radius 1 is 1.32 bits per heavy atom. The first-order valence-corrected chi connectivity index (χ1v) is 11.5. The summed E-state index contributed by atoms with van der Waals surface area (Å²) in [5.74, 6) is 1.16. The highest BCUT2D eigenvalue weighted by Gasteiger charge is 2.46. The average Bonchev–Trinajstić information content (AvgIpc) is 3.58. The van der Waals surface area contributed by atoms with Crippen LogP contribution in [0.15, 0.2) is 40.9 Å². The van der Waals surface area contributed by atoms with Gasteiger partial charge in [-0.15, -0.1) is 0 Å². The fourth-order valence-electron chi connectivity index (χ4n) is 5.23. The largest absolute Gasteiger partial charge is 0.490 e. The predicted molar refractivity (Wildman–Crippen MR) is 124 cm³/mol. The second-order valence-corrected chi connectivity index (χ2v) is 9.25. The van der Waals surface area contributed by atoms with E-state index < -0.39 is 6.61 Å². The molecule has 2 aliphatic rings. The summed E-state index contributed by atoms with van der Waals surface area (Å²) in [6.45, 7) is 4.66. The normalized spacial score (nSPS) is 19.0. The molecule has 1 fully saturated rings. The molecule has 0 bridgehead atoms. The molecule has 174 valence electrons. The second-order valence-electron chi connectivity index (χ2n) is 9.25. The van der Waals surface area contributed by atoms with Crippen LogP contribution in [0.5, 0.6) is 5.75 Å². The van der Waals surface area contributed by atoms with Gasteiger partial charge in [0, 0.05) is 29.6 Å². The van der Waals surface area contributed by atoms with Crippen LogP contribution < -0.4 is 4.74 Å². The third-order valence-electron chi connectivity index (χ3n) is 6.82. The van der Waals surface area contributed by atoms with Gasteiger partial charge in [-0.3, -0.25) is 4.79 Å². The lowest BCUT2D eigenvalue weighted by Gasteiger charge is -2.25. The Labute approximate surface area is 197 Å². The Balaban J connectivity index is 1.45. The van der Waals surface area contributed by atoms with Gasteiger partial charge in [-0.1, -0.05) is 23.4 Å². The molecule has 1 aliphatic carbocycles. The van der Waals surface area contributed by atoms with Gasteiger partial charge in [-0.25, -0.2) is 0 Å². The number of amides is 1. The topological polar surface area (TPSA) is 112 Å². The van der Waals surface area contributed by atoms with Gasteiger partial charge in [0.2, 0.25) is 11.7 Å². The van der Waals surface area contributed by atoms with E-state index in [1.165, 1.54) is 11.1 Å². The number of rotatable bonds is 5. The van der Waals surface area contributed by atoms with Crippen LogP contribution in [0.3, 0.4) is 0 Å². The van der Waals surface area contributed by atoms with E-state index in [0.717, 1.165) is 24.8 Å². The number of carbonyl (C=O) groups is 1. The first kappa shape index (κ1) is 22.1. The van der Waals surface area contributed by atoms with Gasteiger partial charge >= 0.3 is 0 Å². The van der Waals surface area contributed by atoms with Crippen LogP contribution in [0.4, 0.5) is 0 Å². The number of ether oxygens (including phenoxy) is 1. The van der Waals surface area contributed by atoms with Crippen molar-refractivity contribution in [1.29, 1.82) is 5.26 Å². The van der Waals surface area contributed by atoms with Crippen LogP contribution in [0.1, 0.15) is 43.4 Å². The molecule has 1 atom stereocenters. The predicted octanol–water partition coefficient (Wildman–Crippen LogP) is 3.47. The Hall–Kier alpha value is -3.70. The quantitative estimate of drug-likeness (QED) is 0.623. The third-order valence-corrected chi connectivity index (χ3v) is 6.82. The number of aromatic nitrogens is 2. The number of hydrogen-bond acceptors (Lipinski definition) is 7. The lowest BCUT2D eigenvalue weighted by molar-refractivity contribution is -0.133. The van der Waals surface area contributed by atoms with Gasteiger partial charge in [0.1, 0.15) is 18.4 Å². The minimum atomic E-state index is -0.452. The van der Waals surface area contributed by atoms with Crippen molar-refractivity contribution in [3.8, 4) is 34.7 Å². The van der Waals surface area contributed by atoms with Crippen molar-refractivity contribution in [3.63, 3.8) is 0 Å². The van der Waals surface area contributed by atoms with E-state index in [4.69, 9.17) is 9.26 Å². The molecule has 8 nitrogen and oxygen atoms in total. The minimum absolute atomic E-state index is 0.0369. The maximum atomic E-state index is 12.0.